The van der Waals surface area contributed by atoms with E-state index < -0.39 is 5.72 Å². The largest absolute Gasteiger partial charge is 0.468 e. The fourth-order valence-electron chi connectivity index (χ4n) is 3.30. The standard InChI is InChI=1S/C17H21NO4/c1-11-15(16(19)21-9-8-20-3)13-10-17(2,18-11)22-14-7-5-4-6-12(13)14/h4-7,13,18H,8-10H2,1-3H3. The molecule has 0 fully saturated rings. The zero-order valence-electron chi connectivity index (χ0n) is 13.1. The van der Waals surface area contributed by atoms with Crippen LogP contribution >= 0.6 is 0 Å². The molecule has 2 aliphatic heterocycles. The van der Waals surface area contributed by atoms with Gasteiger partial charge >= 0.3 is 5.97 Å². The molecule has 0 aromatic heterocycles. The van der Waals surface area contributed by atoms with Gasteiger partial charge in [-0.25, -0.2) is 4.79 Å². The van der Waals surface area contributed by atoms with Crippen LogP contribution in [0.5, 0.6) is 5.75 Å². The third kappa shape index (κ3) is 2.57. The van der Waals surface area contributed by atoms with Crippen molar-refractivity contribution in [2.24, 2.45) is 0 Å². The molecule has 2 bridgehead atoms. The Kier molecular flexibility index (Phi) is 3.83. The van der Waals surface area contributed by atoms with Gasteiger partial charge in [-0.15, -0.1) is 0 Å². The molecule has 2 atom stereocenters. The van der Waals surface area contributed by atoms with Gasteiger partial charge < -0.3 is 19.5 Å². The minimum Gasteiger partial charge on any atom is -0.468 e. The molecule has 2 heterocycles. The Bertz CT molecular complexity index is 625. The van der Waals surface area contributed by atoms with Gasteiger partial charge in [-0.3, -0.25) is 0 Å². The lowest BCUT2D eigenvalue weighted by Gasteiger charge is -2.45. The summed E-state index contributed by atoms with van der Waals surface area (Å²) >= 11 is 0. The Morgan fingerprint density at radius 1 is 1.41 bits per heavy atom. The molecule has 0 saturated carbocycles. The molecule has 1 N–H and O–H groups in total. The van der Waals surface area contributed by atoms with E-state index in [2.05, 4.69) is 5.32 Å². The number of hydrogen-bond donors (Lipinski definition) is 1. The molecule has 3 rings (SSSR count). The number of fused-ring (bicyclic) bond motifs is 4. The van der Waals surface area contributed by atoms with E-state index in [9.17, 15) is 4.79 Å². The second kappa shape index (κ2) is 5.65. The van der Waals surface area contributed by atoms with Crippen LogP contribution in [0, 0.1) is 0 Å². The molecule has 1 aromatic rings. The van der Waals surface area contributed by atoms with Crippen molar-refractivity contribution in [3.63, 3.8) is 0 Å². The molecule has 118 valence electrons. The van der Waals surface area contributed by atoms with Crippen molar-refractivity contribution in [1.29, 1.82) is 0 Å². The zero-order chi connectivity index (χ0) is 15.7. The number of carbonyl (C=O) groups excluding carboxylic acids is 1. The minimum absolute atomic E-state index is 0.00811. The molecule has 1 aromatic carbocycles. The Labute approximate surface area is 130 Å². The van der Waals surface area contributed by atoms with Gasteiger partial charge in [0.15, 0.2) is 5.72 Å². The van der Waals surface area contributed by atoms with Crippen LogP contribution in [-0.4, -0.2) is 32.0 Å². The molecule has 0 spiro atoms. The fraction of sp³-hybridized carbons (Fsp3) is 0.471. The average Bonchev–Trinajstić information content (AvgIpc) is 2.46. The summed E-state index contributed by atoms with van der Waals surface area (Å²) < 4.78 is 16.3. The predicted molar refractivity (Wildman–Crippen MR) is 81.5 cm³/mol. The van der Waals surface area contributed by atoms with Crippen molar-refractivity contribution >= 4 is 5.97 Å². The van der Waals surface area contributed by atoms with Crippen molar-refractivity contribution < 1.29 is 19.0 Å². The maximum atomic E-state index is 12.5. The quantitative estimate of drug-likeness (QED) is 0.683. The van der Waals surface area contributed by atoms with E-state index in [1.165, 1.54) is 0 Å². The Balaban J connectivity index is 1.94. The second-order valence-electron chi connectivity index (χ2n) is 5.92. The van der Waals surface area contributed by atoms with Gasteiger partial charge in [-0.1, -0.05) is 18.2 Å². The molecule has 0 saturated heterocycles. The van der Waals surface area contributed by atoms with Crippen LogP contribution in [-0.2, 0) is 14.3 Å². The van der Waals surface area contributed by atoms with E-state index in [0.717, 1.165) is 17.0 Å². The molecule has 2 aliphatic rings. The maximum absolute atomic E-state index is 12.5. The monoisotopic (exact) mass is 303 g/mol. The smallest absolute Gasteiger partial charge is 0.336 e. The first-order valence-corrected chi connectivity index (χ1v) is 7.47. The van der Waals surface area contributed by atoms with Gasteiger partial charge in [0.2, 0.25) is 0 Å². The number of allylic oxidation sites excluding steroid dienone is 1. The Morgan fingerprint density at radius 3 is 2.95 bits per heavy atom. The summed E-state index contributed by atoms with van der Waals surface area (Å²) in [5, 5.41) is 3.31. The summed E-state index contributed by atoms with van der Waals surface area (Å²) in [4.78, 5) is 12.5. The summed E-state index contributed by atoms with van der Waals surface area (Å²) in [6, 6.07) is 7.86. The lowest BCUT2D eigenvalue weighted by molar-refractivity contribution is -0.141. The van der Waals surface area contributed by atoms with Crippen molar-refractivity contribution in [2.45, 2.75) is 31.9 Å². The first-order chi connectivity index (χ1) is 10.5. The highest BCUT2D eigenvalue weighted by atomic mass is 16.6. The zero-order valence-corrected chi connectivity index (χ0v) is 13.1. The van der Waals surface area contributed by atoms with Crippen LogP contribution in [0.25, 0.3) is 0 Å². The van der Waals surface area contributed by atoms with Gasteiger partial charge in [0, 0.05) is 30.7 Å². The number of carbonyl (C=O) groups is 1. The third-order valence-corrected chi connectivity index (χ3v) is 4.17. The average molecular weight is 303 g/mol. The van der Waals surface area contributed by atoms with Gasteiger partial charge in [0.05, 0.1) is 12.2 Å². The molecule has 2 unspecified atom stereocenters. The predicted octanol–water partition coefficient (Wildman–Crippen LogP) is 2.34. The molecular weight excluding hydrogens is 282 g/mol. The summed E-state index contributed by atoms with van der Waals surface area (Å²) in [7, 11) is 1.58. The van der Waals surface area contributed by atoms with Crippen molar-refractivity contribution in [3.8, 4) is 5.75 Å². The fourth-order valence-corrected chi connectivity index (χ4v) is 3.30. The topological polar surface area (TPSA) is 56.8 Å². The van der Waals surface area contributed by atoms with Crippen molar-refractivity contribution in [1.82, 2.24) is 5.32 Å². The number of ether oxygens (including phenoxy) is 3. The number of esters is 1. The molecule has 5 heteroatoms. The molecular formula is C17H21NO4. The molecule has 22 heavy (non-hydrogen) atoms. The summed E-state index contributed by atoms with van der Waals surface area (Å²) in [6.45, 7) is 4.56. The molecule has 5 nitrogen and oxygen atoms in total. The lowest BCUT2D eigenvalue weighted by Crippen LogP contribution is -2.54. The molecule has 0 radical (unpaired) electrons. The molecule has 0 aliphatic carbocycles. The highest BCUT2D eigenvalue weighted by molar-refractivity contribution is 5.91. The van der Waals surface area contributed by atoms with E-state index in [0.29, 0.717) is 18.6 Å². The molecule has 0 amide bonds. The maximum Gasteiger partial charge on any atom is 0.336 e. The van der Waals surface area contributed by atoms with Crippen LogP contribution in [0.3, 0.4) is 0 Å². The van der Waals surface area contributed by atoms with E-state index >= 15 is 0 Å². The van der Waals surface area contributed by atoms with Gasteiger partial charge in [0.1, 0.15) is 12.4 Å². The first-order valence-electron chi connectivity index (χ1n) is 7.47. The van der Waals surface area contributed by atoms with E-state index in [-0.39, 0.29) is 18.5 Å². The lowest BCUT2D eigenvalue weighted by atomic mass is 9.78. The number of para-hydroxylation sites is 1. The van der Waals surface area contributed by atoms with Gasteiger partial charge in [0.25, 0.3) is 0 Å². The number of rotatable bonds is 4. The van der Waals surface area contributed by atoms with Crippen molar-refractivity contribution in [3.05, 3.63) is 41.1 Å². The number of benzene rings is 1. The van der Waals surface area contributed by atoms with Crippen LogP contribution in [0.15, 0.2) is 35.5 Å². The second-order valence-corrected chi connectivity index (χ2v) is 5.92. The van der Waals surface area contributed by atoms with Crippen LogP contribution < -0.4 is 10.1 Å². The Hall–Kier alpha value is -2.01. The number of methoxy groups -OCH3 is 1. The van der Waals surface area contributed by atoms with Crippen LogP contribution in [0.1, 0.15) is 31.7 Å². The summed E-state index contributed by atoms with van der Waals surface area (Å²) in [5.74, 6) is 0.528. The normalized spacial score (nSPS) is 25.9. The van der Waals surface area contributed by atoms with Gasteiger partial charge in [-0.2, -0.15) is 0 Å². The SMILES string of the molecule is COCCOC(=O)C1=C(C)NC2(C)CC1c1ccccc1O2. The van der Waals surface area contributed by atoms with Crippen LogP contribution in [0.4, 0.5) is 0 Å². The highest BCUT2D eigenvalue weighted by Crippen LogP contribution is 2.47. The number of hydrogen-bond acceptors (Lipinski definition) is 5. The summed E-state index contributed by atoms with van der Waals surface area (Å²) in [5.41, 5.74) is 2.05. The highest BCUT2D eigenvalue weighted by Gasteiger charge is 2.45. The van der Waals surface area contributed by atoms with E-state index in [1.54, 1.807) is 7.11 Å². The first kappa shape index (κ1) is 14.9. The van der Waals surface area contributed by atoms with E-state index in [4.69, 9.17) is 14.2 Å². The summed E-state index contributed by atoms with van der Waals surface area (Å²) in [6.07, 6.45) is 0.704. The number of nitrogens with one attached hydrogen (secondary N) is 1. The third-order valence-electron chi connectivity index (χ3n) is 4.17. The van der Waals surface area contributed by atoms with Gasteiger partial charge in [-0.05, 0) is 19.9 Å². The minimum atomic E-state index is -0.487. The van der Waals surface area contributed by atoms with Crippen molar-refractivity contribution in [2.75, 3.05) is 20.3 Å². The Morgan fingerprint density at radius 2 is 2.18 bits per heavy atom. The van der Waals surface area contributed by atoms with Crippen LogP contribution in [0.2, 0.25) is 0 Å². The van der Waals surface area contributed by atoms with E-state index in [1.807, 2.05) is 38.1 Å².